The Balaban J connectivity index is 2.01. The number of carbonyl (C=O) groups is 2. The third kappa shape index (κ3) is 5.39. The van der Waals surface area contributed by atoms with Crippen LogP contribution in [-0.2, 0) is 20.9 Å². The number of rotatable bonds is 8. The largest absolute Gasteiger partial charge is 0.467 e. The molecule has 1 aromatic heterocycles. The second-order valence-corrected chi connectivity index (χ2v) is 5.93. The molecule has 1 atom stereocenters. The Hall–Kier alpha value is -1.82. The monoisotopic (exact) mass is 322 g/mol. The molecule has 128 valence electrons. The molecule has 0 aromatic carbocycles. The Morgan fingerprint density at radius 3 is 2.74 bits per heavy atom. The minimum absolute atomic E-state index is 0.0689. The van der Waals surface area contributed by atoms with E-state index in [4.69, 9.17) is 9.15 Å². The Labute approximate surface area is 137 Å². The van der Waals surface area contributed by atoms with Gasteiger partial charge in [0.15, 0.2) is 0 Å². The van der Waals surface area contributed by atoms with Gasteiger partial charge in [-0.05, 0) is 31.4 Å². The fourth-order valence-electron chi connectivity index (χ4n) is 2.76. The zero-order chi connectivity index (χ0) is 16.7. The highest BCUT2D eigenvalue weighted by molar-refractivity contribution is 5.83. The van der Waals surface area contributed by atoms with Gasteiger partial charge in [0.1, 0.15) is 5.76 Å². The summed E-state index contributed by atoms with van der Waals surface area (Å²) < 4.78 is 11.0. The molecule has 2 heterocycles. The number of furan rings is 1. The topological polar surface area (TPSA) is 63.0 Å². The fraction of sp³-hybridized carbons (Fsp3) is 0.647. The maximum Gasteiger partial charge on any atom is 0.242 e. The first-order valence-electron chi connectivity index (χ1n) is 8.27. The normalized spacial score (nSPS) is 17.2. The highest BCUT2D eigenvalue weighted by atomic mass is 16.5. The molecule has 1 saturated heterocycles. The maximum absolute atomic E-state index is 12.7. The second-order valence-electron chi connectivity index (χ2n) is 5.93. The van der Waals surface area contributed by atoms with Crippen LogP contribution in [0.3, 0.4) is 0 Å². The van der Waals surface area contributed by atoms with Crippen LogP contribution in [0.2, 0.25) is 0 Å². The van der Waals surface area contributed by atoms with Crippen LogP contribution in [0, 0.1) is 0 Å². The first kappa shape index (κ1) is 17.5. The van der Waals surface area contributed by atoms with Crippen LogP contribution in [-0.4, -0.2) is 54.0 Å². The van der Waals surface area contributed by atoms with E-state index in [1.807, 2.05) is 19.1 Å². The Morgan fingerprint density at radius 1 is 1.35 bits per heavy atom. The maximum atomic E-state index is 12.7. The molecule has 0 radical (unpaired) electrons. The van der Waals surface area contributed by atoms with Crippen molar-refractivity contribution >= 4 is 11.8 Å². The summed E-state index contributed by atoms with van der Waals surface area (Å²) in [4.78, 5) is 27.7. The summed E-state index contributed by atoms with van der Waals surface area (Å²) in [7, 11) is 0. The number of hydrogen-bond acceptors (Lipinski definition) is 4. The van der Waals surface area contributed by atoms with Crippen molar-refractivity contribution in [2.45, 2.75) is 45.8 Å². The van der Waals surface area contributed by atoms with Crippen LogP contribution in [0.15, 0.2) is 22.8 Å². The van der Waals surface area contributed by atoms with E-state index in [1.54, 1.807) is 16.1 Å². The van der Waals surface area contributed by atoms with Crippen LogP contribution in [0.25, 0.3) is 0 Å². The van der Waals surface area contributed by atoms with Gasteiger partial charge in [-0.2, -0.15) is 0 Å². The van der Waals surface area contributed by atoms with Gasteiger partial charge in [0, 0.05) is 26.6 Å². The van der Waals surface area contributed by atoms with Gasteiger partial charge in [0.25, 0.3) is 0 Å². The van der Waals surface area contributed by atoms with Crippen molar-refractivity contribution < 1.29 is 18.7 Å². The molecule has 1 aliphatic rings. The molecule has 2 rings (SSSR count). The molecule has 1 fully saturated rings. The standard InChI is InChI=1S/C17H26N2O4/c1-3-8-18(14(2)20)13-17(21)19(11-15-6-4-9-22-15)12-16-7-5-10-23-16/h4,6,9,16H,3,5,7-8,10-13H2,1-2H3/t16-/m1/s1. The minimum atomic E-state index is -0.0738. The van der Waals surface area contributed by atoms with Crippen molar-refractivity contribution in [1.29, 1.82) is 0 Å². The highest BCUT2D eigenvalue weighted by Crippen LogP contribution is 2.16. The number of hydrogen-bond donors (Lipinski definition) is 0. The lowest BCUT2D eigenvalue weighted by molar-refractivity contribution is -0.141. The molecule has 23 heavy (non-hydrogen) atoms. The van der Waals surface area contributed by atoms with Crippen molar-refractivity contribution in [3.05, 3.63) is 24.2 Å². The fourth-order valence-corrected chi connectivity index (χ4v) is 2.76. The molecule has 2 amide bonds. The van der Waals surface area contributed by atoms with E-state index in [1.165, 1.54) is 6.92 Å². The van der Waals surface area contributed by atoms with E-state index in [2.05, 4.69) is 0 Å². The van der Waals surface area contributed by atoms with Crippen molar-refractivity contribution in [3.8, 4) is 0 Å². The summed E-state index contributed by atoms with van der Waals surface area (Å²) in [6.45, 7) is 5.89. The van der Waals surface area contributed by atoms with Gasteiger partial charge >= 0.3 is 0 Å². The predicted octanol–water partition coefficient (Wildman–Crippen LogP) is 2.05. The molecular formula is C17H26N2O4. The molecule has 0 unspecified atom stereocenters. The average Bonchev–Trinajstić information content (AvgIpc) is 3.19. The molecule has 6 heteroatoms. The van der Waals surface area contributed by atoms with Crippen LogP contribution >= 0.6 is 0 Å². The summed E-state index contributed by atoms with van der Waals surface area (Å²) in [5.41, 5.74) is 0. The lowest BCUT2D eigenvalue weighted by atomic mass is 10.2. The number of ether oxygens (including phenoxy) is 1. The van der Waals surface area contributed by atoms with Gasteiger partial charge < -0.3 is 19.0 Å². The van der Waals surface area contributed by atoms with Crippen molar-refractivity contribution in [1.82, 2.24) is 9.80 Å². The summed E-state index contributed by atoms with van der Waals surface area (Å²) >= 11 is 0. The molecule has 6 nitrogen and oxygen atoms in total. The summed E-state index contributed by atoms with van der Waals surface area (Å²) in [5, 5.41) is 0. The molecule has 1 aromatic rings. The zero-order valence-corrected chi connectivity index (χ0v) is 14.0. The Kier molecular flexibility index (Phi) is 6.65. The number of amides is 2. The van der Waals surface area contributed by atoms with E-state index >= 15 is 0 Å². The van der Waals surface area contributed by atoms with E-state index < -0.39 is 0 Å². The van der Waals surface area contributed by atoms with Gasteiger partial charge in [-0.3, -0.25) is 9.59 Å². The van der Waals surface area contributed by atoms with E-state index in [0.29, 0.717) is 19.6 Å². The van der Waals surface area contributed by atoms with Gasteiger partial charge in [0.2, 0.25) is 11.8 Å². The molecular weight excluding hydrogens is 296 g/mol. The smallest absolute Gasteiger partial charge is 0.242 e. The van der Waals surface area contributed by atoms with E-state index in [0.717, 1.165) is 31.6 Å². The summed E-state index contributed by atoms with van der Waals surface area (Å²) in [6, 6.07) is 3.66. The van der Waals surface area contributed by atoms with Gasteiger partial charge in [-0.25, -0.2) is 0 Å². The Morgan fingerprint density at radius 2 is 2.17 bits per heavy atom. The van der Waals surface area contributed by atoms with Gasteiger partial charge in [-0.15, -0.1) is 0 Å². The van der Waals surface area contributed by atoms with Gasteiger partial charge in [0.05, 0.1) is 25.5 Å². The van der Waals surface area contributed by atoms with Crippen LogP contribution < -0.4 is 0 Å². The molecule has 0 spiro atoms. The third-order valence-electron chi connectivity index (χ3n) is 3.99. The number of nitrogens with zero attached hydrogens (tertiary/aromatic N) is 2. The van der Waals surface area contributed by atoms with Gasteiger partial charge in [-0.1, -0.05) is 6.92 Å². The predicted molar refractivity (Wildman–Crippen MR) is 85.6 cm³/mol. The quantitative estimate of drug-likeness (QED) is 0.735. The van der Waals surface area contributed by atoms with E-state index in [9.17, 15) is 9.59 Å². The Bertz CT molecular complexity index is 495. The molecule has 0 aliphatic carbocycles. The third-order valence-corrected chi connectivity index (χ3v) is 3.99. The van der Waals surface area contributed by atoms with E-state index in [-0.39, 0.29) is 24.5 Å². The molecule has 0 saturated carbocycles. The lowest BCUT2D eigenvalue weighted by Crippen LogP contribution is -2.44. The van der Waals surface area contributed by atoms with Crippen LogP contribution in [0.4, 0.5) is 0 Å². The SMILES string of the molecule is CCCN(CC(=O)N(Cc1ccco1)C[C@H]1CCCO1)C(C)=O. The zero-order valence-electron chi connectivity index (χ0n) is 14.0. The average molecular weight is 322 g/mol. The number of carbonyl (C=O) groups excluding carboxylic acids is 2. The summed E-state index contributed by atoms with van der Waals surface area (Å²) in [6.07, 6.45) is 4.50. The molecule has 1 aliphatic heterocycles. The molecule has 0 N–H and O–H groups in total. The van der Waals surface area contributed by atoms with Crippen molar-refractivity contribution in [2.24, 2.45) is 0 Å². The minimum Gasteiger partial charge on any atom is -0.467 e. The van der Waals surface area contributed by atoms with Crippen molar-refractivity contribution in [2.75, 3.05) is 26.2 Å². The molecule has 0 bridgehead atoms. The van der Waals surface area contributed by atoms with Crippen molar-refractivity contribution in [3.63, 3.8) is 0 Å². The highest BCUT2D eigenvalue weighted by Gasteiger charge is 2.25. The first-order chi connectivity index (χ1) is 11.1. The van der Waals surface area contributed by atoms with Crippen LogP contribution in [0.1, 0.15) is 38.9 Å². The summed E-state index contributed by atoms with van der Waals surface area (Å²) in [5.74, 6) is 0.594. The lowest BCUT2D eigenvalue weighted by Gasteiger charge is -2.28. The second kappa shape index (κ2) is 8.72. The van der Waals surface area contributed by atoms with Crippen LogP contribution in [0.5, 0.6) is 0 Å². The first-order valence-corrected chi connectivity index (χ1v) is 8.27.